The average Bonchev–Trinajstić information content (AvgIpc) is 2.79. The van der Waals surface area contributed by atoms with Gasteiger partial charge in [-0.3, -0.25) is 13.9 Å². The van der Waals surface area contributed by atoms with E-state index in [0.717, 1.165) is 18.4 Å². The minimum atomic E-state index is -3.72. The molecular formula is C21H23N3O5S. The van der Waals surface area contributed by atoms with Crippen LogP contribution < -0.4 is 9.62 Å². The van der Waals surface area contributed by atoms with Crippen LogP contribution in [-0.2, 0) is 30.8 Å². The number of nitrogens with zero attached hydrogens (tertiary/aromatic N) is 2. The van der Waals surface area contributed by atoms with E-state index >= 15 is 0 Å². The fraction of sp³-hybridized carbons (Fsp3) is 0.333. The van der Waals surface area contributed by atoms with E-state index in [0.29, 0.717) is 44.2 Å². The maximum atomic E-state index is 13.2. The summed E-state index contributed by atoms with van der Waals surface area (Å²) in [6.07, 6.45) is 1.61. The molecule has 2 aromatic rings. The minimum absolute atomic E-state index is 0.136. The Labute approximate surface area is 175 Å². The van der Waals surface area contributed by atoms with Gasteiger partial charge in [0, 0.05) is 25.3 Å². The number of fused-ring (bicyclic) bond motifs is 1. The number of hydrogen-bond acceptors (Lipinski definition) is 5. The van der Waals surface area contributed by atoms with Crippen LogP contribution in [0.5, 0.6) is 0 Å². The van der Waals surface area contributed by atoms with Gasteiger partial charge in [0.15, 0.2) is 0 Å². The molecule has 1 N–H and O–H groups in total. The highest BCUT2D eigenvalue weighted by atomic mass is 32.2. The lowest BCUT2D eigenvalue weighted by atomic mass is 10.0. The van der Waals surface area contributed by atoms with E-state index in [4.69, 9.17) is 4.74 Å². The number of benzene rings is 2. The number of anilines is 2. The van der Waals surface area contributed by atoms with Crippen LogP contribution in [0.4, 0.5) is 11.4 Å². The van der Waals surface area contributed by atoms with E-state index in [1.807, 2.05) is 24.3 Å². The van der Waals surface area contributed by atoms with Crippen molar-refractivity contribution in [3.8, 4) is 0 Å². The van der Waals surface area contributed by atoms with Crippen molar-refractivity contribution < 1.29 is 22.7 Å². The summed E-state index contributed by atoms with van der Waals surface area (Å²) in [4.78, 5) is 26.0. The number of rotatable bonds is 3. The van der Waals surface area contributed by atoms with Crippen LogP contribution in [0, 0.1) is 0 Å². The van der Waals surface area contributed by atoms with Gasteiger partial charge < -0.3 is 15.0 Å². The molecule has 0 atom stereocenters. The number of nitrogens with one attached hydrogen (secondary N) is 1. The number of amides is 2. The first-order chi connectivity index (χ1) is 14.5. The van der Waals surface area contributed by atoms with E-state index in [2.05, 4.69) is 5.32 Å². The zero-order valence-corrected chi connectivity index (χ0v) is 17.2. The summed E-state index contributed by atoms with van der Waals surface area (Å²) in [7, 11) is -3.72. The minimum Gasteiger partial charge on any atom is -0.378 e. The van der Waals surface area contributed by atoms with Crippen LogP contribution in [0.1, 0.15) is 12.0 Å². The monoisotopic (exact) mass is 429 g/mol. The Balaban J connectivity index is 1.48. The molecule has 2 aromatic carbocycles. The first kappa shape index (κ1) is 20.4. The topological polar surface area (TPSA) is 96.0 Å². The van der Waals surface area contributed by atoms with Crippen molar-refractivity contribution >= 4 is 33.2 Å². The molecule has 0 aliphatic carbocycles. The summed E-state index contributed by atoms with van der Waals surface area (Å²) in [6, 6.07) is 13.4. The Morgan fingerprint density at radius 3 is 2.37 bits per heavy atom. The third-order valence-electron chi connectivity index (χ3n) is 5.26. The first-order valence-corrected chi connectivity index (χ1v) is 11.3. The third kappa shape index (κ3) is 4.03. The molecule has 158 valence electrons. The number of ether oxygens (including phenoxy) is 1. The molecule has 1 saturated heterocycles. The average molecular weight is 429 g/mol. The summed E-state index contributed by atoms with van der Waals surface area (Å²) in [5.74, 6) is -1.38. The fourth-order valence-electron chi connectivity index (χ4n) is 3.68. The molecule has 8 nitrogen and oxygen atoms in total. The SMILES string of the molecule is O=C(Nc1ccc(S(=O)(=O)N2CCCc3ccccc32)cc1)C(=O)N1CCOCC1. The predicted octanol–water partition coefficient (Wildman–Crippen LogP) is 1.63. The lowest BCUT2D eigenvalue weighted by molar-refractivity contribution is -0.145. The number of hydrogen-bond donors (Lipinski definition) is 1. The van der Waals surface area contributed by atoms with Crippen LogP contribution in [-0.4, -0.2) is 58.0 Å². The van der Waals surface area contributed by atoms with Gasteiger partial charge in [0.25, 0.3) is 10.0 Å². The second-order valence-electron chi connectivity index (χ2n) is 7.19. The number of carbonyl (C=O) groups excluding carboxylic acids is 2. The van der Waals surface area contributed by atoms with Gasteiger partial charge in [-0.25, -0.2) is 8.42 Å². The number of aryl methyl sites for hydroxylation is 1. The number of para-hydroxylation sites is 1. The molecule has 0 bridgehead atoms. The van der Waals surface area contributed by atoms with Gasteiger partial charge in [0.2, 0.25) is 0 Å². The zero-order valence-electron chi connectivity index (χ0n) is 16.4. The summed E-state index contributed by atoms with van der Waals surface area (Å²) in [6.45, 7) is 1.99. The highest BCUT2D eigenvalue weighted by molar-refractivity contribution is 7.92. The van der Waals surface area contributed by atoms with Gasteiger partial charge >= 0.3 is 11.8 Å². The normalized spacial score (nSPS) is 16.7. The smallest absolute Gasteiger partial charge is 0.313 e. The number of sulfonamides is 1. The van der Waals surface area contributed by atoms with E-state index in [1.165, 1.54) is 33.5 Å². The second-order valence-corrected chi connectivity index (χ2v) is 9.05. The van der Waals surface area contributed by atoms with Crippen LogP contribution in [0.3, 0.4) is 0 Å². The lowest BCUT2D eigenvalue weighted by Gasteiger charge is -2.30. The van der Waals surface area contributed by atoms with Crippen molar-refractivity contribution in [3.05, 3.63) is 54.1 Å². The molecule has 0 aromatic heterocycles. The third-order valence-corrected chi connectivity index (χ3v) is 7.09. The highest BCUT2D eigenvalue weighted by Gasteiger charge is 2.29. The van der Waals surface area contributed by atoms with Gasteiger partial charge in [-0.2, -0.15) is 0 Å². The molecule has 0 saturated carbocycles. The van der Waals surface area contributed by atoms with Crippen LogP contribution in [0.2, 0.25) is 0 Å². The molecular weight excluding hydrogens is 406 g/mol. The molecule has 2 heterocycles. The Morgan fingerprint density at radius 2 is 1.63 bits per heavy atom. The molecule has 2 aliphatic heterocycles. The van der Waals surface area contributed by atoms with Gasteiger partial charge in [0.05, 0.1) is 23.8 Å². The maximum Gasteiger partial charge on any atom is 0.313 e. The Kier molecular flexibility index (Phi) is 5.74. The van der Waals surface area contributed by atoms with Crippen molar-refractivity contribution in [2.75, 3.05) is 42.5 Å². The number of morpholine rings is 1. The van der Waals surface area contributed by atoms with Crippen LogP contribution in [0.15, 0.2) is 53.4 Å². The van der Waals surface area contributed by atoms with Crippen molar-refractivity contribution in [1.82, 2.24) is 4.90 Å². The Hall–Kier alpha value is -2.91. The van der Waals surface area contributed by atoms with Gasteiger partial charge in [-0.05, 0) is 48.7 Å². The molecule has 0 unspecified atom stereocenters. The highest BCUT2D eigenvalue weighted by Crippen LogP contribution is 2.32. The van der Waals surface area contributed by atoms with Crippen molar-refractivity contribution in [2.45, 2.75) is 17.7 Å². The molecule has 1 fully saturated rings. The van der Waals surface area contributed by atoms with Crippen molar-refractivity contribution in [3.63, 3.8) is 0 Å². The second kappa shape index (κ2) is 8.45. The molecule has 30 heavy (non-hydrogen) atoms. The molecule has 0 spiro atoms. The molecule has 2 aliphatic rings. The molecule has 9 heteroatoms. The van der Waals surface area contributed by atoms with E-state index < -0.39 is 21.8 Å². The van der Waals surface area contributed by atoms with Crippen molar-refractivity contribution in [2.24, 2.45) is 0 Å². The standard InChI is InChI=1S/C21H23N3O5S/c25-20(21(26)23-12-14-29-15-13-23)22-17-7-9-18(10-8-17)30(27,28)24-11-3-5-16-4-1-2-6-19(16)24/h1-2,4,6-10H,3,5,11-15H2,(H,22,25). The van der Waals surface area contributed by atoms with Gasteiger partial charge in [0.1, 0.15) is 0 Å². The van der Waals surface area contributed by atoms with Crippen LogP contribution >= 0.6 is 0 Å². The van der Waals surface area contributed by atoms with E-state index in [1.54, 1.807) is 0 Å². The van der Waals surface area contributed by atoms with Crippen molar-refractivity contribution in [1.29, 1.82) is 0 Å². The first-order valence-electron chi connectivity index (χ1n) is 9.85. The van der Waals surface area contributed by atoms with Gasteiger partial charge in [-0.1, -0.05) is 18.2 Å². The Bertz CT molecular complexity index is 1050. The van der Waals surface area contributed by atoms with Gasteiger partial charge in [-0.15, -0.1) is 0 Å². The molecule has 0 radical (unpaired) electrons. The summed E-state index contributed by atoms with van der Waals surface area (Å²) in [5, 5.41) is 2.53. The molecule has 4 rings (SSSR count). The zero-order chi connectivity index (χ0) is 21.1. The lowest BCUT2D eigenvalue weighted by Crippen LogP contribution is -2.45. The largest absolute Gasteiger partial charge is 0.378 e. The van der Waals surface area contributed by atoms with E-state index in [-0.39, 0.29) is 4.90 Å². The van der Waals surface area contributed by atoms with E-state index in [9.17, 15) is 18.0 Å². The molecule has 2 amide bonds. The Morgan fingerprint density at radius 1 is 0.933 bits per heavy atom. The summed E-state index contributed by atoms with van der Waals surface area (Å²) >= 11 is 0. The summed E-state index contributed by atoms with van der Waals surface area (Å²) in [5.41, 5.74) is 2.08. The summed E-state index contributed by atoms with van der Waals surface area (Å²) < 4.78 is 32.9. The fourth-order valence-corrected chi connectivity index (χ4v) is 5.22. The maximum absolute atomic E-state index is 13.2. The van der Waals surface area contributed by atoms with Crippen LogP contribution in [0.25, 0.3) is 0 Å². The quantitative estimate of drug-likeness (QED) is 0.748. The predicted molar refractivity (Wildman–Crippen MR) is 112 cm³/mol. The number of carbonyl (C=O) groups is 2.